The molecule has 0 unspecified atom stereocenters. The van der Waals surface area contributed by atoms with Gasteiger partial charge in [0.15, 0.2) is 0 Å². The minimum Gasteiger partial charge on any atom is -0.311 e. The molecule has 0 spiro atoms. The third-order valence-electron chi connectivity index (χ3n) is 2.45. The Morgan fingerprint density at radius 1 is 1.41 bits per heavy atom. The van der Waals surface area contributed by atoms with Crippen LogP contribution in [0.25, 0.3) is 0 Å². The molecule has 0 aromatic carbocycles. The molecule has 0 atom stereocenters. The quantitative estimate of drug-likeness (QED) is 0.863. The number of nitrogens with one attached hydrogen (secondary N) is 1. The van der Waals surface area contributed by atoms with Crippen molar-refractivity contribution in [2.24, 2.45) is 7.05 Å². The van der Waals surface area contributed by atoms with Crippen LogP contribution in [0.4, 0.5) is 5.82 Å². The summed E-state index contributed by atoms with van der Waals surface area (Å²) in [4.78, 5) is 15.7. The molecule has 1 amide bonds. The van der Waals surface area contributed by atoms with Gasteiger partial charge >= 0.3 is 0 Å². The molecule has 0 aliphatic rings. The van der Waals surface area contributed by atoms with Crippen molar-refractivity contribution in [3.05, 3.63) is 42.4 Å². The number of aryl methyl sites for hydroxylation is 2. The fraction of sp³-hybridized carbons (Fsp3) is 0.250. The lowest BCUT2D eigenvalue weighted by Gasteiger charge is -2.04. The third kappa shape index (κ3) is 3.14. The van der Waals surface area contributed by atoms with Crippen molar-refractivity contribution in [3.8, 4) is 0 Å². The second kappa shape index (κ2) is 5.25. The summed E-state index contributed by atoms with van der Waals surface area (Å²) in [6, 6.07) is 5.60. The summed E-state index contributed by atoms with van der Waals surface area (Å²) in [5.41, 5.74) is 1.06. The van der Waals surface area contributed by atoms with E-state index < -0.39 is 0 Å². The van der Waals surface area contributed by atoms with Crippen LogP contribution in [0.3, 0.4) is 0 Å². The highest BCUT2D eigenvalue weighted by Gasteiger charge is 2.05. The summed E-state index contributed by atoms with van der Waals surface area (Å²) in [7, 11) is 1.79. The fourth-order valence-corrected chi connectivity index (χ4v) is 1.51. The van der Waals surface area contributed by atoms with Gasteiger partial charge in [0, 0.05) is 31.9 Å². The van der Waals surface area contributed by atoms with Gasteiger partial charge in [0.2, 0.25) is 5.91 Å². The summed E-state index contributed by atoms with van der Waals surface area (Å²) in [5, 5.41) is 6.78. The van der Waals surface area contributed by atoms with Crippen LogP contribution in [0, 0.1) is 0 Å². The van der Waals surface area contributed by atoms with Gasteiger partial charge in [0.05, 0.1) is 6.20 Å². The average Bonchev–Trinajstić information content (AvgIpc) is 2.74. The highest BCUT2D eigenvalue weighted by atomic mass is 16.1. The van der Waals surface area contributed by atoms with E-state index in [-0.39, 0.29) is 5.91 Å². The molecule has 0 saturated carbocycles. The predicted molar refractivity (Wildman–Crippen MR) is 64.4 cm³/mol. The zero-order valence-corrected chi connectivity index (χ0v) is 9.63. The number of pyridine rings is 1. The van der Waals surface area contributed by atoms with Gasteiger partial charge in [-0.05, 0) is 18.1 Å². The van der Waals surface area contributed by atoms with Crippen molar-refractivity contribution in [2.45, 2.75) is 12.8 Å². The van der Waals surface area contributed by atoms with E-state index in [0.717, 1.165) is 5.56 Å². The number of nitrogens with zero attached hydrogens (tertiary/aromatic N) is 3. The Morgan fingerprint density at radius 3 is 2.94 bits per heavy atom. The predicted octanol–water partition coefficient (Wildman–Crippen LogP) is 1.39. The maximum atomic E-state index is 11.7. The van der Waals surface area contributed by atoms with Gasteiger partial charge in [-0.1, -0.05) is 6.07 Å². The molecular formula is C12H14N4O. The average molecular weight is 230 g/mol. The molecule has 5 heteroatoms. The highest BCUT2D eigenvalue weighted by molar-refractivity contribution is 5.89. The number of rotatable bonds is 4. The van der Waals surface area contributed by atoms with Gasteiger partial charge in [0.1, 0.15) is 5.82 Å². The topological polar surface area (TPSA) is 59.8 Å². The smallest absolute Gasteiger partial charge is 0.225 e. The summed E-state index contributed by atoms with van der Waals surface area (Å²) < 4.78 is 1.63. The van der Waals surface area contributed by atoms with Gasteiger partial charge in [-0.3, -0.25) is 14.5 Å². The number of hydrogen-bond donors (Lipinski definition) is 1. The van der Waals surface area contributed by atoms with E-state index in [2.05, 4.69) is 15.4 Å². The van der Waals surface area contributed by atoms with Gasteiger partial charge in [-0.25, -0.2) is 0 Å². The Balaban J connectivity index is 1.85. The third-order valence-corrected chi connectivity index (χ3v) is 2.45. The van der Waals surface area contributed by atoms with Gasteiger partial charge in [-0.15, -0.1) is 0 Å². The second-order valence-corrected chi connectivity index (χ2v) is 3.75. The number of carbonyl (C=O) groups is 1. The number of aromatic nitrogens is 3. The maximum absolute atomic E-state index is 11.7. The van der Waals surface area contributed by atoms with Crippen molar-refractivity contribution < 1.29 is 4.79 Å². The van der Waals surface area contributed by atoms with E-state index in [9.17, 15) is 4.79 Å². The number of amides is 1. The van der Waals surface area contributed by atoms with E-state index in [4.69, 9.17) is 0 Å². The van der Waals surface area contributed by atoms with E-state index >= 15 is 0 Å². The fourth-order valence-electron chi connectivity index (χ4n) is 1.51. The Morgan fingerprint density at radius 2 is 2.29 bits per heavy atom. The van der Waals surface area contributed by atoms with Gasteiger partial charge in [-0.2, -0.15) is 5.10 Å². The van der Waals surface area contributed by atoms with Crippen molar-refractivity contribution in [1.29, 1.82) is 0 Å². The molecule has 1 N–H and O–H groups in total. The number of hydrogen-bond acceptors (Lipinski definition) is 3. The molecule has 2 heterocycles. The molecule has 0 fully saturated rings. The van der Waals surface area contributed by atoms with E-state index in [1.807, 2.05) is 12.1 Å². The van der Waals surface area contributed by atoms with Crippen molar-refractivity contribution in [1.82, 2.24) is 14.8 Å². The zero-order valence-electron chi connectivity index (χ0n) is 9.63. The molecule has 0 aliphatic heterocycles. The lowest BCUT2D eigenvalue weighted by atomic mass is 10.1. The van der Waals surface area contributed by atoms with Crippen LogP contribution in [0.5, 0.6) is 0 Å². The Bertz CT molecular complexity index is 492. The first-order valence-electron chi connectivity index (χ1n) is 5.42. The van der Waals surface area contributed by atoms with E-state index in [1.165, 1.54) is 0 Å². The van der Waals surface area contributed by atoms with Crippen molar-refractivity contribution >= 4 is 11.7 Å². The monoisotopic (exact) mass is 230 g/mol. The molecule has 0 saturated heterocycles. The van der Waals surface area contributed by atoms with Crippen LogP contribution in [-0.2, 0) is 18.3 Å². The molecule has 2 rings (SSSR count). The maximum Gasteiger partial charge on any atom is 0.225 e. The Hall–Kier alpha value is -2.17. The van der Waals surface area contributed by atoms with Crippen molar-refractivity contribution in [2.75, 3.05) is 5.32 Å². The molecule has 88 valence electrons. The summed E-state index contributed by atoms with van der Waals surface area (Å²) in [6.45, 7) is 0. The van der Waals surface area contributed by atoms with Crippen LogP contribution in [-0.4, -0.2) is 20.7 Å². The molecule has 17 heavy (non-hydrogen) atoms. The number of anilines is 1. The molecule has 0 bridgehead atoms. The molecule has 2 aromatic rings. The lowest BCUT2D eigenvalue weighted by molar-refractivity contribution is -0.116. The highest BCUT2D eigenvalue weighted by Crippen LogP contribution is 2.06. The van der Waals surface area contributed by atoms with Crippen LogP contribution >= 0.6 is 0 Å². The molecule has 2 aromatic heterocycles. The Labute approximate surface area is 99.5 Å². The Kier molecular flexibility index (Phi) is 3.49. The second-order valence-electron chi connectivity index (χ2n) is 3.75. The van der Waals surface area contributed by atoms with Gasteiger partial charge < -0.3 is 5.32 Å². The zero-order chi connectivity index (χ0) is 12.1. The summed E-state index contributed by atoms with van der Waals surface area (Å²) in [6.07, 6.45) is 6.28. The largest absolute Gasteiger partial charge is 0.311 e. The first-order chi connectivity index (χ1) is 8.25. The first kappa shape index (κ1) is 11.3. The lowest BCUT2D eigenvalue weighted by Crippen LogP contribution is -2.14. The van der Waals surface area contributed by atoms with Crippen LogP contribution in [0.2, 0.25) is 0 Å². The van der Waals surface area contributed by atoms with E-state index in [0.29, 0.717) is 18.7 Å². The normalized spacial score (nSPS) is 10.2. The summed E-state index contributed by atoms with van der Waals surface area (Å²) in [5.74, 6) is 0.693. The molecular weight excluding hydrogens is 216 g/mol. The minimum absolute atomic E-state index is 0.0162. The molecule has 0 aliphatic carbocycles. The minimum atomic E-state index is -0.0162. The van der Waals surface area contributed by atoms with Crippen LogP contribution < -0.4 is 5.32 Å². The molecule has 0 radical (unpaired) electrons. The standard InChI is InChI=1S/C12H14N4O/c1-16-11(6-8-14-16)15-12(17)5-4-10-3-2-7-13-9-10/h2-3,6-9H,4-5H2,1H3,(H,15,17). The SMILES string of the molecule is Cn1nccc1NC(=O)CCc1cccnc1. The molecule has 5 nitrogen and oxygen atoms in total. The first-order valence-corrected chi connectivity index (χ1v) is 5.42. The van der Waals surface area contributed by atoms with Gasteiger partial charge in [0.25, 0.3) is 0 Å². The van der Waals surface area contributed by atoms with Crippen LogP contribution in [0.15, 0.2) is 36.8 Å². The van der Waals surface area contributed by atoms with Crippen LogP contribution in [0.1, 0.15) is 12.0 Å². The van der Waals surface area contributed by atoms with Crippen molar-refractivity contribution in [3.63, 3.8) is 0 Å². The van der Waals surface area contributed by atoms with E-state index in [1.54, 1.807) is 36.4 Å². The number of carbonyl (C=O) groups excluding carboxylic acids is 1. The summed E-state index contributed by atoms with van der Waals surface area (Å²) >= 11 is 0.